The minimum atomic E-state index is -0.451. The van der Waals surface area contributed by atoms with Gasteiger partial charge in [-0.1, -0.05) is 20.8 Å². The second kappa shape index (κ2) is 8.12. The molecule has 1 amide bonds. The predicted molar refractivity (Wildman–Crippen MR) is 81.4 cm³/mol. The van der Waals surface area contributed by atoms with E-state index in [-0.39, 0.29) is 11.3 Å². The molecule has 0 aromatic rings. The van der Waals surface area contributed by atoms with Crippen LogP contribution in [0.2, 0.25) is 0 Å². The first kappa shape index (κ1) is 16.8. The van der Waals surface area contributed by atoms with Crippen molar-refractivity contribution < 1.29 is 9.90 Å². The highest BCUT2D eigenvalue weighted by molar-refractivity contribution is 8.00. The predicted octanol–water partition coefficient (Wildman–Crippen LogP) is 1.38. The van der Waals surface area contributed by atoms with Crippen LogP contribution in [0.25, 0.3) is 0 Å². The quantitative estimate of drug-likeness (QED) is 0.691. The Kier molecular flexibility index (Phi) is 7.18. The molecular weight excluding hydrogens is 260 g/mol. The molecular formula is C14H28N2O2S. The van der Waals surface area contributed by atoms with Gasteiger partial charge in [0.2, 0.25) is 5.91 Å². The molecule has 1 saturated heterocycles. The van der Waals surface area contributed by atoms with Crippen LogP contribution in [0.3, 0.4) is 0 Å². The Hall–Kier alpha value is -0.260. The van der Waals surface area contributed by atoms with E-state index in [2.05, 4.69) is 31.4 Å². The van der Waals surface area contributed by atoms with Gasteiger partial charge < -0.3 is 15.7 Å². The van der Waals surface area contributed by atoms with Crippen LogP contribution in [0, 0.1) is 5.41 Å². The zero-order chi connectivity index (χ0) is 14.3. The lowest BCUT2D eigenvalue weighted by Crippen LogP contribution is -2.36. The van der Waals surface area contributed by atoms with Crippen LogP contribution >= 0.6 is 11.8 Å². The van der Waals surface area contributed by atoms with Crippen molar-refractivity contribution in [2.75, 3.05) is 25.4 Å². The van der Waals surface area contributed by atoms with E-state index in [0.717, 1.165) is 25.9 Å². The number of thioether (sulfide) groups is 1. The summed E-state index contributed by atoms with van der Waals surface area (Å²) in [6.07, 6.45) is 2.54. The van der Waals surface area contributed by atoms with Crippen LogP contribution in [-0.4, -0.2) is 47.8 Å². The minimum Gasteiger partial charge on any atom is -0.391 e. The summed E-state index contributed by atoms with van der Waals surface area (Å²) >= 11 is 1.74. The molecule has 0 bridgehead atoms. The molecule has 0 radical (unpaired) electrons. The van der Waals surface area contributed by atoms with E-state index in [1.165, 1.54) is 0 Å². The summed E-state index contributed by atoms with van der Waals surface area (Å²) < 4.78 is 0. The number of nitrogens with one attached hydrogen (secondary N) is 2. The van der Waals surface area contributed by atoms with Gasteiger partial charge in [-0.2, -0.15) is 0 Å². The van der Waals surface area contributed by atoms with Crippen molar-refractivity contribution in [1.29, 1.82) is 0 Å². The molecule has 0 aromatic heterocycles. The van der Waals surface area contributed by atoms with Gasteiger partial charge in [-0.3, -0.25) is 4.79 Å². The van der Waals surface area contributed by atoms with Crippen molar-refractivity contribution in [2.45, 2.75) is 51.4 Å². The summed E-state index contributed by atoms with van der Waals surface area (Å²) in [4.78, 5) is 11.7. The van der Waals surface area contributed by atoms with Gasteiger partial charge >= 0.3 is 0 Å². The first-order valence-corrected chi connectivity index (χ1v) is 8.19. The number of amides is 1. The Morgan fingerprint density at radius 3 is 2.63 bits per heavy atom. The summed E-state index contributed by atoms with van der Waals surface area (Å²) in [7, 11) is 0. The highest BCUT2D eigenvalue weighted by atomic mass is 32.2. The van der Waals surface area contributed by atoms with E-state index in [1.807, 2.05) is 0 Å². The maximum absolute atomic E-state index is 11.7. The Labute approximate surface area is 121 Å². The molecule has 5 heteroatoms. The van der Waals surface area contributed by atoms with Crippen LogP contribution in [0.15, 0.2) is 0 Å². The topological polar surface area (TPSA) is 61.4 Å². The summed E-state index contributed by atoms with van der Waals surface area (Å²) in [5.74, 6) is 0.545. The Morgan fingerprint density at radius 1 is 1.42 bits per heavy atom. The first-order valence-electron chi connectivity index (χ1n) is 7.14. The minimum absolute atomic E-state index is 0.0384. The smallest absolute Gasteiger partial charge is 0.230 e. The molecule has 1 aliphatic rings. The highest BCUT2D eigenvalue weighted by Gasteiger charge is 2.18. The molecule has 0 saturated carbocycles. The SMILES string of the molecule is CC(C)(C)CC(O)CNC(=O)CSC1CCNCC1. The molecule has 3 N–H and O–H groups in total. The first-order chi connectivity index (χ1) is 8.87. The van der Waals surface area contributed by atoms with Crippen LogP contribution in [0.4, 0.5) is 0 Å². The second-order valence-corrected chi connectivity index (χ2v) is 7.77. The van der Waals surface area contributed by atoms with Gasteiger partial charge in [-0.15, -0.1) is 11.8 Å². The van der Waals surface area contributed by atoms with E-state index in [4.69, 9.17) is 0 Å². The van der Waals surface area contributed by atoms with Crippen molar-refractivity contribution in [2.24, 2.45) is 5.41 Å². The number of rotatable bonds is 6. The molecule has 1 unspecified atom stereocenters. The molecule has 112 valence electrons. The van der Waals surface area contributed by atoms with E-state index < -0.39 is 6.10 Å². The van der Waals surface area contributed by atoms with Crippen molar-refractivity contribution in [3.8, 4) is 0 Å². The molecule has 0 aromatic carbocycles. The Morgan fingerprint density at radius 2 is 2.05 bits per heavy atom. The summed E-state index contributed by atoms with van der Waals surface area (Å²) in [6, 6.07) is 0. The summed E-state index contributed by atoms with van der Waals surface area (Å²) in [5, 5.41) is 16.6. The monoisotopic (exact) mass is 288 g/mol. The average Bonchev–Trinajstić information content (AvgIpc) is 2.33. The van der Waals surface area contributed by atoms with E-state index in [0.29, 0.717) is 24.0 Å². The molecule has 1 aliphatic heterocycles. The van der Waals surface area contributed by atoms with Gasteiger partial charge in [-0.25, -0.2) is 0 Å². The fraction of sp³-hybridized carbons (Fsp3) is 0.929. The molecule has 1 fully saturated rings. The van der Waals surface area contributed by atoms with Gasteiger partial charge in [-0.05, 0) is 37.8 Å². The summed E-state index contributed by atoms with van der Waals surface area (Å²) in [5.41, 5.74) is 0.0913. The number of aliphatic hydroxyl groups is 1. The maximum atomic E-state index is 11.7. The van der Waals surface area contributed by atoms with Gasteiger partial charge in [0, 0.05) is 11.8 Å². The van der Waals surface area contributed by atoms with Crippen LogP contribution in [0.5, 0.6) is 0 Å². The number of hydrogen-bond donors (Lipinski definition) is 3. The third kappa shape index (κ3) is 8.50. The lowest BCUT2D eigenvalue weighted by Gasteiger charge is -2.23. The number of piperidine rings is 1. The zero-order valence-electron chi connectivity index (χ0n) is 12.4. The fourth-order valence-electron chi connectivity index (χ4n) is 2.22. The van der Waals surface area contributed by atoms with E-state index in [9.17, 15) is 9.90 Å². The zero-order valence-corrected chi connectivity index (χ0v) is 13.2. The Bertz CT molecular complexity index is 273. The van der Waals surface area contributed by atoms with Crippen molar-refractivity contribution >= 4 is 17.7 Å². The lowest BCUT2D eigenvalue weighted by molar-refractivity contribution is -0.119. The molecule has 19 heavy (non-hydrogen) atoms. The van der Waals surface area contributed by atoms with E-state index >= 15 is 0 Å². The molecule has 1 atom stereocenters. The summed E-state index contributed by atoms with van der Waals surface area (Å²) in [6.45, 7) is 8.75. The molecule has 4 nitrogen and oxygen atoms in total. The van der Waals surface area contributed by atoms with Gasteiger partial charge in [0.25, 0.3) is 0 Å². The van der Waals surface area contributed by atoms with Crippen LogP contribution < -0.4 is 10.6 Å². The van der Waals surface area contributed by atoms with Gasteiger partial charge in [0.1, 0.15) is 0 Å². The number of carbonyl (C=O) groups is 1. The highest BCUT2D eigenvalue weighted by Crippen LogP contribution is 2.21. The van der Waals surface area contributed by atoms with Crippen LogP contribution in [-0.2, 0) is 4.79 Å². The Balaban J connectivity index is 2.10. The maximum Gasteiger partial charge on any atom is 0.230 e. The normalized spacial score (nSPS) is 19.2. The van der Waals surface area contributed by atoms with Gasteiger partial charge in [0.15, 0.2) is 0 Å². The number of carbonyl (C=O) groups excluding carboxylic acids is 1. The van der Waals surface area contributed by atoms with Crippen LogP contribution in [0.1, 0.15) is 40.0 Å². The van der Waals surface area contributed by atoms with Gasteiger partial charge in [0.05, 0.1) is 11.9 Å². The number of aliphatic hydroxyl groups excluding tert-OH is 1. The lowest BCUT2D eigenvalue weighted by atomic mass is 9.89. The molecule has 0 aliphatic carbocycles. The van der Waals surface area contributed by atoms with Crippen molar-refractivity contribution in [1.82, 2.24) is 10.6 Å². The molecule has 1 heterocycles. The second-order valence-electron chi connectivity index (χ2n) is 6.48. The third-order valence-corrected chi connectivity index (χ3v) is 4.49. The average molecular weight is 288 g/mol. The largest absolute Gasteiger partial charge is 0.391 e. The molecule has 1 rings (SSSR count). The third-order valence-electron chi connectivity index (χ3n) is 3.12. The molecule has 0 spiro atoms. The van der Waals surface area contributed by atoms with Crippen molar-refractivity contribution in [3.63, 3.8) is 0 Å². The fourth-order valence-corrected chi connectivity index (χ4v) is 3.28. The van der Waals surface area contributed by atoms with Crippen molar-refractivity contribution in [3.05, 3.63) is 0 Å². The number of hydrogen-bond acceptors (Lipinski definition) is 4. The van der Waals surface area contributed by atoms with E-state index in [1.54, 1.807) is 11.8 Å². The standard InChI is InChI=1S/C14H28N2O2S/c1-14(2,3)8-11(17)9-16-13(18)10-19-12-4-6-15-7-5-12/h11-12,15,17H,4-10H2,1-3H3,(H,16,18).